The van der Waals surface area contributed by atoms with Gasteiger partial charge in [0.25, 0.3) is 0 Å². The molecule has 3 aromatic heterocycles. The Balaban J connectivity index is 2.12. The second-order valence-electron chi connectivity index (χ2n) is 5.90. The van der Waals surface area contributed by atoms with Gasteiger partial charge in [-0.3, -0.25) is 0 Å². The van der Waals surface area contributed by atoms with Gasteiger partial charge in [0.1, 0.15) is 5.65 Å². The van der Waals surface area contributed by atoms with Gasteiger partial charge in [-0.1, -0.05) is 20.3 Å². The Hall–Kier alpha value is -2.63. The van der Waals surface area contributed by atoms with Gasteiger partial charge in [-0.25, -0.2) is 15.0 Å². The lowest BCUT2D eigenvalue weighted by molar-refractivity contribution is 0.706. The van der Waals surface area contributed by atoms with Crippen LogP contribution in [0.25, 0.3) is 22.3 Å². The Morgan fingerprint density at radius 2 is 1.92 bits per heavy atom. The van der Waals surface area contributed by atoms with E-state index < -0.39 is 0 Å². The molecule has 0 aliphatic heterocycles. The lowest BCUT2D eigenvalue weighted by Gasteiger charge is -2.25. The van der Waals surface area contributed by atoms with Crippen molar-refractivity contribution in [1.29, 1.82) is 0 Å². The van der Waals surface area contributed by atoms with Crippen LogP contribution in [-0.2, 0) is 0 Å². The molecule has 0 aliphatic carbocycles. The number of nitrogens with two attached hydrogens (primary N) is 1. The van der Waals surface area contributed by atoms with Crippen molar-refractivity contribution in [3.05, 3.63) is 30.7 Å². The number of hydrogen-bond donors (Lipinski definition) is 2. The minimum absolute atomic E-state index is 0.281. The van der Waals surface area contributed by atoms with Crippen molar-refractivity contribution in [2.45, 2.75) is 33.1 Å². The third kappa shape index (κ3) is 3.18. The highest BCUT2D eigenvalue weighted by Crippen LogP contribution is 2.34. The Morgan fingerprint density at radius 1 is 1.08 bits per heavy atom. The van der Waals surface area contributed by atoms with Crippen molar-refractivity contribution in [2.75, 3.05) is 23.7 Å². The fraction of sp³-hybridized carbons (Fsp3) is 0.389. The second kappa shape index (κ2) is 7.29. The summed E-state index contributed by atoms with van der Waals surface area (Å²) in [5.74, 6) is 0.281. The number of hydrogen-bond acceptors (Lipinski definition) is 5. The first-order chi connectivity index (χ1) is 11.7. The molecule has 0 saturated carbocycles. The SMILES string of the molecule is CCCCN(CCC)c1ccnc2[nH]cc(-c3ccnc(N)n3)c12. The van der Waals surface area contributed by atoms with Crippen LogP contribution in [0, 0.1) is 0 Å². The van der Waals surface area contributed by atoms with Crippen molar-refractivity contribution in [1.82, 2.24) is 19.9 Å². The number of nitrogen functional groups attached to an aromatic ring is 1. The van der Waals surface area contributed by atoms with E-state index in [9.17, 15) is 0 Å². The number of nitrogens with one attached hydrogen (secondary N) is 1. The number of nitrogens with zero attached hydrogens (tertiary/aromatic N) is 4. The van der Waals surface area contributed by atoms with Gasteiger partial charge in [0.2, 0.25) is 5.95 Å². The molecular weight excluding hydrogens is 300 g/mol. The summed E-state index contributed by atoms with van der Waals surface area (Å²) in [7, 11) is 0. The molecule has 0 atom stereocenters. The smallest absolute Gasteiger partial charge is 0.220 e. The molecule has 24 heavy (non-hydrogen) atoms. The zero-order valence-electron chi connectivity index (χ0n) is 14.3. The summed E-state index contributed by atoms with van der Waals surface area (Å²) in [6.45, 7) is 6.49. The van der Waals surface area contributed by atoms with Crippen LogP contribution in [0.3, 0.4) is 0 Å². The monoisotopic (exact) mass is 324 g/mol. The van der Waals surface area contributed by atoms with Crippen molar-refractivity contribution < 1.29 is 0 Å². The number of anilines is 2. The summed E-state index contributed by atoms with van der Waals surface area (Å²) in [6.07, 6.45) is 8.95. The van der Waals surface area contributed by atoms with Crippen molar-refractivity contribution >= 4 is 22.7 Å². The van der Waals surface area contributed by atoms with E-state index in [4.69, 9.17) is 5.73 Å². The van der Waals surface area contributed by atoms with Crippen LogP contribution >= 0.6 is 0 Å². The van der Waals surface area contributed by atoms with E-state index in [0.29, 0.717) is 0 Å². The van der Waals surface area contributed by atoms with Gasteiger partial charge in [-0.2, -0.15) is 0 Å². The molecule has 0 amide bonds. The summed E-state index contributed by atoms with van der Waals surface area (Å²) in [4.78, 5) is 18.5. The molecule has 0 saturated heterocycles. The molecule has 3 heterocycles. The largest absolute Gasteiger partial charge is 0.371 e. The summed E-state index contributed by atoms with van der Waals surface area (Å²) < 4.78 is 0. The Bertz CT molecular complexity index is 810. The molecular formula is C18H24N6. The molecule has 3 aromatic rings. The lowest BCUT2D eigenvalue weighted by Crippen LogP contribution is -2.25. The maximum absolute atomic E-state index is 5.76. The van der Waals surface area contributed by atoms with E-state index in [1.165, 1.54) is 18.5 Å². The topological polar surface area (TPSA) is 83.7 Å². The molecule has 0 aliphatic rings. The van der Waals surface area contributed by atoms with Crippen LogP contribution in [0.1, 0.15) is 33.1 Å². The highest BCUT2D eigenvalue weighted by Gasteiger charge is 2.16. The van der Waals surface area contributed by atoms with Gasteiger partial charge in [-0.15, -0.1) is 0 Å². The molecule has 6 nitrogen and oxygen atoms in total. The van der Waals surface area contributed by atoms with E-state index >= 15 is 0 Å². The molecule has 3 rings (SSSR count). The van der Waals surface area contributed by atoms with Gasteiger partial charge in [0.05, 0.1) is 11.1 Å². The zero-order valence-corrected chi connectivity index (χ0v) is 14.3. The average molecular weight is 324 g/mol. The van der Waals surface area contributed by atoms with E-state index in [-0.39, 0.29) is 5.95 Å². The molecule has 0 fully saturated rings. The fourth-order valence-electron chi connectivity index (χ4n) is 3.00. The number of rotatable bonds is 7. The lowest BCUT2D eigenvalue weighted by atomic mass is 10.1. The highest BCUT2D eigenvalue weighted by molar-refractivity contribution is 6.01. The maximum Gasteiger partial charge on any atom is 0.220 e. The molecule has 6 heteroatoms. The highest BCUT2D eigenvalue weighted by atomic mass is 15.1. The maximum atomic E-state index is 5.76. The van der Waals surface area contributed by atoms with E-state index in [2.05, 4.69) is 44.7 Å². The van der Waals surface area contributed by atoms with Crippen LogP contribution in [-0.4, -0.2) is 33.0 Å². The van der Waals surface area contributed by atoms with Crippen LogP contribution in [0.15, 0.2) is 30.7 Å². The van der Waals surface area contributed by atoms with E-state index in [1.807, 2.05) is 18.5 Å². The molecule has 3 N–H and O–H groups in total. The molecule has 0 radical (unpaired) electrons. The van der Waals surface area contributed by atoms with Crippen molar-refractivity contribution in [3.8, 4) is 11.3 Å². The molecule has 0 unspecified atom stereocenters. The van der Waals surface area contributed by atoms with Gasteiger partial charge in [0.15, 0.2) is 0 Å². The fourth-order valence-corrected chi connectivity index (χ4v) is 3.00. The number of H-pyrrole nitrogens is 1. The minimum Gasteiger partial charge on any atom is -0.371 e. The van der Waals surface area contributed by atoms with Gasteiger partial charge in [-0.05, 0) is 25.0 Å². The predicted molar refractivity (Wildman–Crippen MR) is 98.9 cm³/mol. The van der Waals surface area contributed by atoms with Gasteiger partial charge < -0.3 is 15.6 Å². The van der Waals surface area contributed by atoms with Gasteiger partial charge in [0, 0.05) is 42.9 Å². The predicted octanol–water partition coefficient (Wildman–Crippen LogP) is 3.62. The second-order valence-corrected chi connectivity index (χ2v) is 5.90. The number of unbranched alkanes of at least 4 members (excludes halogenated alkanes) is 1. The van der Waals surface area contributed by atoms with Gasteiger partial charge >= 0.3 is 0 Å². The third-order valence-corrected chi connectivity index (χ3v) is 4.12. The third-order valence-electron chi connectivity index (χ3n) is 4.12. The summed E-state index contributed by atoms with van der Waals surface area (Å²) in [5, 5.41) is 1.10. The van der Waals surface area contributed by atoms with Crippen LogP contribution in [0.2, 0.25) is 0 Å². The zero-order chi connectivity index (χ0) is 16.9. The van der Waals surface area contributed by atoms with Crippen molar-refractivity contribution in [3.63, 3.8) is 0 Å². The Morgan fingerprint density at radius 3 is 2.67 bits per heavy atom. The molecule has 0 aromatic carbocycles. The quantitative estimate of drug-likeness (QED) is 0.693. The standard InChI is InChI=1S/C18H24N6/c1-3-5-11-24(10-4-2)15-7-9-20-17-16(15)13(12-22-17)14-6-8-21-18(19)23-14/h6-9,12H,3-5,10-11H2,1-2H3,(H,20,22)(H2,19,21,23). The summed E-state index contributed by atoms with van der Waals surface area (Å²) >= 11 is 0. The number of aromatic nitrogens is 4. The first-order valence-electron chi connectivity index (χ1n) is 8.54. The summed E-state index contributed by atoms with van der Waals surface area (Å²) in [5.41, 5.74) is 9.66. The Kier molecular flexibility index (Phi) is 4.93. The van der Waals surface area contributed by atoms with Crippen LogP contribution < -0.4 is 10.6 Å². The normalized spacial score (nSPS) is 11.1. The molecule has 0 bridgehead atoms. The minimum atomic E-state index is 0.281. The Labute approximate surface area is 142 Å². The van der Waals surface area contributed by atoms with Crippen LogP contribution in [0.4, 0.5) is 11.6 Å². The van der Waals surface area contributed by atoms with E-state index in [1.54, 1.807) is 6.20 Å². The molecule has 126 valence electrons. The molecule has 0 spiro atoms. The summed E-state index contributed by atoms with van der Waals surface area (Å²) in [6, 6.07) is 3.97. The first kappa shape index (κ1) is 16.2. The first-order valence-corrected chi connectivity index (χ1v) is 8.54. The van der Waals surface area contributed by atoms with Crippen molar-refractivity contribution in [2.24, 2.45) is 0 Å². The number of fused-ring (bicyclic) bond motifs is 1. The number of aromatic amines is 1. The van der Waals surface area contributed by atoms with E-state index in [0.717, 1.165) is 41.8 Å². The van der Waals surface area contributed by atoms with Crippen LogP contribution in [0.5, 0.6) is 0 Å². The average Bonchev–Trinajstić information content (AvgIpc) is 3.03. The number of pyridine rings is 1.